The van der Waals surface area contributed by atoms with E-state index in [1.165, 1.54) is 22.3 Å². The lowest BCUT2D eigenvalue weighted by molar-refractivity contribution is 0.0568. The van der Waals surface area contributed by atoms with Gasteiger partial charge in [0.2, 0.25) is 0 Å². The van der Waals surface area contributed by atoms with Gasteiger partial charge in [-0.2, -0.15) is 0 Å². The van der Waals surface area contributed by atoms with Gasteiger partial charge in [0, 0.05) is 0 Å². The second-order valence-electron chi connectivity index (χ2n) is 8.69. The smallest absolute Gasteiger partial charge is 0.133 e. The molecule has 0 aromatic heterocycles. The van der Waals surface area contributed by atoms with Gasteiger partial charge >= 0.3 is 0 Å². The maximum Gasteiger partial charge on any atom is 0.133 e. The zero-order valence-corrected chi connectivity index (χ0v) is 19.9. The summed E-state index contributed by atoms with van der Waals surface area (Å²) >= 11 is 0. The molecule has 164 valence electrons. The van der Waals surface area contributed by atoms with Crippen molar-refractivity contribution >= 4 is 0 Å². The number of aryl methyl sites for hydroxylation is 2. The molecule has 1 atom stereocenters. The van der Waals surface area contributed by atoms with E-state index in [9.17, 15) is 0 Å². The number of ether oxygens (including phenoxy) is 2. The third-order valence-corrected chi connectivity index (χ3v) is 6.54. The molecule has 3 rings (SSSR count). The van der Waals surface area contributed by atoms with Crippen LogP contribution in [0.5, 0.6) is 11.5 Å². The molecule has 2 heteroatoms. The van der Waals surface area contributed by atoms with Crippen LogP contribution in [-0.2, 0) is 11.2 Å². The van der Waals surface area contributed by atoms with Crippen LogP contribution in [0.2, 0.25) is 0 Å². The van der Waals surface area contributed by atoms with E-state index in [4.69, 9.17) is 9.47 Å². The van der Waals surface area contributed by atoms with E-state index in [1.807, 2.05) is 0 Å². The topological polar surface area (TPSA) is 18.5 Å². The fraction of sp³-hybridized carbons (Fsp3) is 0.379. The molecular weight excluding hydrogens is 380 g/mol. The lowest BCUT2D eigenvalue weighted by Gasteiger charge is -2.34. The summed E-state index contributed by atoms with van der Waals surface area (Å²) in [6.07, 6.45) is 2.68. The van der Waals surface area contributed by atoms with Crippen molar-refractivity contribution in [3.63, 3.8) is 0 Å². The van der Waals surface area contributed by atoms with Crippen LogP contribution in [0.4, 0.5) is 0 Å². The van der Waals surface area contributed by atoms with Crippen molar-refractivity contribution in [2.75, 3.05) is 0 Å². The first-order chi connectivity index (χ1) is 14.8. The van der Waals surface area contributed by atoms with Crippen molar-refractivity contribution in [2.45, 2.75) is 72.0 Å². The van der Waals surface area contributed by atoms with Gasteiger partial charge in [0.15, 0.2) is 0 Å². The summed E-state index contributed by atoms with van der Waals surface area (Å²) in [4.78, 5) is 0. The molecule has 1 unspecified atom stereocenters. The molecule has 0 N–H and O–H groups in total. The van der Waals surface area contributed by atoms with Gasteiger partial charge in [0.05, 0.1) is 0 Å². The second-order valence-corrected chi connectivity index (χ2v) is 8.69. The van der Waals surface area contributed by atoms with Crippen LogP contribution in [0, 0.1) is 13.8 Å². The molecule has 0 spiro atoms. The van der Waals surface area contributed by atoms with Crippen molar-refractivity contribution < 1.29 is 9.47 Å². The van der Waals surface area contributed by atoms with E-state index in [1.54, 1.807) is 0 Å². The largest absolute Gasteiger partial charge is 0.483 e. The molecule has 0 aliphatic carbocycles. The summed E-state index contributed by atoms with van der Waals surface area (Å²) in [5, 5.41) is 0. The molecule has 0 radical (unpaired) electrons. The summed E-state index contributed by atoms with van der Waals surface area (Å²) in [5.74, 6) is 1.79. The van der Waals surface area contributed by atoms with Crippen LogP contribution >= 0.6 is 0 Å². The monoisotopic (exact) mass is 416 g/mol. The van der Waals surface area contributed by atoms with Gasteiger partial charge in [0.25, 0.3) is 0 Å². The third-order valence-electron chi connectivity index (χ3n) is 6.54. The Bertz CT molecular complexity index is 951. The molecule has 3 aromatic carbocycles. The van der Waals surface area contributed by atoms with Crippen molar-refractivity contribution in [1.29, 1.82) is 0 Å². The molecule has 0 fully saturated rings. The van der Waals surface area contributed by atoms with Gasteiger partial charge < -0.3 is 9.47 Å². The van der Waals surface area contributed by atoms with Crippen molar-refractivity contribution in [2.24, 2.45) is 0 Å². The Kier molecular flexibility index (Phi) is 7.10. The molecule has 0 heterocycles. The Morgan fingerprint density at radius 1 is 0.548 bits per heavy atom. The first kappa shape index (κ1) is 22.9. The average molecular weight is 417 g/mol. The minimum absolute atomic E-state index is 0.348. The van der Waals surface area contributed by atoms with Crippen LogP contribution in [0.3, 0.4) is 0 Å². The van der Waals surface area contributed by atoms with Gasteiger partial charge in [-0.3, -0.25) is 0 Å². The lowest BCUT2D eigenvalue weighted by atomic mass is 9.88. The summed E-state index contributed by atoms with van der Waals surface area (Å²) in [6, 6.07) is 25.4. The van der Waals surface area contributed by atoms with Crippen LogP contribution in [0.15, 0.2) is 72.8 Å². The minimum Gasteiger partial charge on any atom is -0.483 e. The molecule has 0 saturated carbocycles. The molecule has 0 bridgehead atoms. The molecule has 3 aromatic rings. The Morgan fingerprint density at radius 3 is 1.45 bits per heavy atom. The third kappa shape index (κ3) is 5.12. The Labute approximate surface area is 188 Å². The summed E-state index contributed by atoms with van der Waals surface area (Å²) in [7, 11) is 0. The fourth-order valence-electron chi connectivity index (χ4n) is 4.02. The zero-order chi connectivity index (χ0) is 22.5. The molecule has 0 amide bonds. The highest BCUT2D eigenvalue weighted by Crippen LogP contribution is 2.37. The molecular formula is C29H36O2. The van der Waals surface area contributed by atoms with E-state index in [0.717, 1.165) is 30.8 Å². The Hall–Kier alpha value is -2.74. The van der Waals surface area contributed by atoms with E-state index in [-0.39, 0.29) is 11.2 Å². The highest BCUT2D eigenvalue weighted by Gasteiger charge is 2.32. The van der Waals surface area contributed by atoms with E-state index in [2.05, 4.69) is 114 Å². The summed E-state index contributed by atoms with van der Waals surface area (Å²) in [6.45, 7) is 12.9. The summed E-state index contributed by atoms with van der Waals surface area (Å²) in [5.41, 5.74) is 4.16. The fourth-order valence-corrected chi connectivity index (χ4v) is 4.02. The minimum atomic E-state index is -0.361. The number of rotatable bonds is 9. The SMILES string of the molecule is CCC(C)(Oc1ccc(C(CC)(CC)Oc2ccc(C)cc2)cc1)c1ccc(C)cc1. The highest BCUT2D eigenvalue weighted by molar-refractivity contribution is 5.35. The van der Waals surface area contributed by atoms with Gasteiger partial charge in [-0.15, -0.1) is 0 Å². The van der Waals surface area contributed by atoms with Gasteiger partial charge in [-0.25, -0.2) is 0 Å². The lowest BCUT2D eigenvalue weighted by Crippen LogP contribution is -2.32. The maximum atomic E-state index is 6.54. The van der Waals surface area contributed by atoms with Crippen molar-refractivity contribution in [3.05, 3.63) is 95.1 Å². The zero-order valence-electron chi connectivity index (χ0n) is 19.9. The first-order valence-corrected chi connectivity index (χ1v) is 11.5. The normalized spacial score (nSPS) is 13.5. The van der Waals surface area contributed by atoms with Crippen molar-refractivity contribution in [3.8, 4) is 11.5 Å². The Balaban J connectivity index is 1.84. The molecule has 0 aliphatic rings. The van der Waals surface area contributed by atoms with Crippen molar-refractivity contribution in [1.82, 2.24) is 0 Å². The van der Waals surface area contributed by atoms with Gasteiger partial charge in [-0.05, 0) is 75.4 Å². The average Bonchev–Trinajstić information content (AvgIpc) is 2.80. The molecule has 0 saturated heterocycles. The molecule has 2 nitrogen and oxygen atoms in total. The van der Waals surface area contributed by atoms with E-state index < -0.39 is 0 Å². The van der Waals surface area contributed by atoms with Crippen LogP contribution in [0.1, 0.15) is 69.2 Å². The number of hydrogen-bond donors (Lipinski definition) is 0. The number of benzene rings is 3. The van der Waals surface area contributed by atoms with Crippen LogP contribution in [0.25, 0.3) is 0 Å². The Morgan fingerprint density at radius 2 is 0.968 bits per heavy atom. The van der Waals surface area contributed by atoms with Gasteiger partial charge in [0.1, 0.15) is 22.7 Å². The number of hydrogen-bond acceptors (Lipinski definition) is 2. The van der Waals surface area contributed by atoms with E-state index >= 15 is 0 Å². The summed E-state index contributed by atoms with van der Waals surface area (Å²) < 4.78 is 13.0. The first-order valence-electron chi connectivity index (χ1n) is 11.5. The van der Waals surface area contributed by atoms with Crippen LogP contribution < -0.4 is 9.47 Å². The quantitative estimate of drug-likeness (QED) is 0.351. The highest BCUT2D eigenvalue weighted by atomic mass is 16.5. The maximum absolute atomic E-state index is 6.54. The van der Waals surface area contributed by atoms with Gasteiger partial charge in [-0.1, -0.05) is 80.4 Å². The standard InChI is InChI=1S/C29H36O2/c1-7-28(6,24-14-10-22(4)11-15-24)30-26-20-16-25(17-21-26)29(8-2,9-3)31-27-18-12-23(5)13-19-27/h10-21H,7-9H2,1-6H3. The molecule has 31 heavy (non-hydrogen) atoms. The predicted octanol–water partition coefficient (Wildman–Crippen LogP) is 8.10. The second kappa shape index (κ2) is 9.60. The predicted molar refractivity (Wildman–Crippen MR) is 130 cm³/mol. The molecule has 0 aliphatic heterocycles. The van der Waals surface area contributed by atoms with E-state index in [0.29, 0.717) is 0 Å². The van der Waals surface area contributed by atoms with Crippen LogP contribution in [-0.4, -0.2) is 0 Å².